The van der Waals surface area contributed by atoms with Crippen LogP contribution in [0.3, 0.4) is 0 Å². The Bertz CT molecular complexity index is 887. The molecule has 0 aromatic heterocycles. The number of amides is 1. The zero-order valence-corrected chi connectivity index (χ0v) is 14.3. The molecular weight excluding hydrogens is 336 g/mol. The number of carbonyl (C=O) groups excluding carboxylic acids is 1. The van der Waals surface area contributed by atoms with Gasteiger partial charge in [0, 0.05) is 24.2 Å². The molecule has 5 heteroatoms. The minimum atomic E-state index is -0.166. The summed E-state index contributed by atoms with van der Waals surface area (Å²) in [6.45, 7) is 0.659. The highest BCUT2D eigenvalue weighted by atomic mass is 35.5. The monoisotopic (exact) mass is 352 g/mol. The molecule has 2 heterocycles. The smallest absolute Gasteiger partial charge is 0.259 e. The van der Waals surface area contributed by atoms with E-state index in [1.807, 2.05) is 23.1 Å². The van der Waals surface area contributed by atoms with E-state index in [-0.39, 0.29) is 23.3 Å². The van der Waals surface area contributed by atoms with E-state index < -0.39 is 0 Å². The molecule has 1 N–H and O–H groups in total. The highest BCUT2D eigenvalue weighted by Crippen LogP contribution is 2.38. The Morgan fingerprint density at radius 2 is 1.92 bits per heavy atom. The Hall–Kier alpha value is -2.59. The number of benzene rings is 2. The number of aliphatic hydroxyl groups excluding tert-OH is 1. The summed E-state index contributed by atoms with van der Waals surface area (Å²) in [6.07, 6.45) is 2.71. The van der Waals surface area contributed by atoms with Crippen molar-refractivity contribution < 1.29 is 9.90 Å². The summed E-state index contributed by atoms with van der Waals surface area (Å²) >= 11 is 5.86. The standard InChI is InChI=1S/C20H17ClN2O2/c21-14-5-7-15(8-6-14)22-12-17-19(24)11-18-16-4-2-1-3-13(16)9-10-23(18)20(17)25/h1-8,12,18,24H,9-11H2/t18-/m1/s1. The van der Waals surface area contributed by atoms with Crippen molar-refractivity contribution in [3.8, 4) is 0 Å². The van der Waals surface area contributed by atoms with Crippen LogP contribution in [-0.4, -0.2) is 28.7 Å². The van der Waals surface area contributed by atoms with Crippen LogP contribution in [0.15, 0.2) is 64.9 Å². The maximum Gasteiger partial charge on any atom is 0.259 e. The van der Waals surface area contributed by atoms with E-state index in [0.29, 0.717) is 23.7 Å². The van der Waals surface area contributed by atoms with Gasteiger partial charge in [-0.05, 0) is 41.8 Å². The third kappa shape index (κ3) is 2.94. The van der Waals surface area contributed by atoms with Crippen molar-refractivity contribution >= 4 is 29.4 Å². The van der Waals surface area contributed by atoms with Gasteiger partial charge in [0.15, 0.2) is 0 Å². The fourth-order valence-corrected chi connectivity index (χ4v) is 3.61. The maximum atomic E-state index is 12.9. The first-order chi connectivity index (χ1) is 12.1. The molecule has 2 aromatic carbocycles. The van der Waals surface area contributed by atoms with Crippen molar-refractivity contribution in [1.82, 2.24) is 4.90 Å². The summed E-state index contributed by atoms with van der Waals surface area (Å²) < 4.78 is 0. The lowest BCUT2D eigenvalue weighted by molar-refractivity contribution is -0.130. The third-order valence-corrected chi connectivity index (χ3v) is 5.02. The van der Waals surface area contributed by atoms with Crippen molar-refractivity contribution in [2.24, 2.45) is 4.99 Å². The van der Waals surface area contributed by atoms with Crippen molar-refractivity contribution in [2.75, 3.05) is 6.54 Å². The van der Waals surface area contributed by atoms with Crippen LogP contribution >= 0.6 is 11.6 Å². The summed E-state index contributed by atoms with van der Waals surface area (Å²) in [7, 11) is 0. The molecule has 0 aliphatic carbocycles. The average Bonchev–Trinajstić information content (AvgIpc) is 2.63. The zero-order valence-electron chi connectivity index (χ0n) is 13.5. The van der Waals surface area contributed by atoms with Gasteiger partial charge in [-0.25, -0.2) is 0 Å². The van der Waals surface area contributed by atoms with Crippen LogP contribution in [0.1, 0.15) is 23.6 Å². The number of aliphatic hydroxyl groups is 1. The largest absolute Gasteiger partial charge is 0.511 e. The van der Waals surface area contributed by atoms with E-state index in [0.717, 1.165) is 12.0 Å². The lowest BCUT2D eigenvalue weighted by Gasteiger charge is -2.40. The lowest BCUT2D eigenvalue weighted by Crippen LogP contribution is -2.44. The molecule has 0 saturated carbocycles. The summed E-state index contributed by atoms with van der Waals surface area (Å²) in [6, 6.07) is 15.0. The molecule has 2 aliphatic rings. The summed E-state index contributed by atoms with van der Waals surface area (Å²) in [4.78, 5) is 19.0. The number of fused-ring (bicyclic) bond motifs is 3. The van der Waals surface area contributed by atoms with Crippen molar-refractivity contribution in [3.05, 3.63) is 76.0 Å². The predicted octanol–water partition coefficient (Wildman–Crippen LogP) is 4.38. The highest BCUT2D eigenvalue weighted by Gasteiger charge is 2.37. The van der Waals surface area contributed by atoms with E-state index in [4.69, 9.17) is 11.6 Å². The van der Waals surface area contributed by atoms with Crippen molar-refractivity contribution in [1.29, 1.82) is 0 Å². The molecule has 0 radical (unpaired) electrons. The summed E-state index contributed by atoms with van der Waals surface area (Å²) in [5.74, 6) is -0.0679. The van der Waals surface area contributed by atoms with Gasteiger partial charge in [0.1, 0.15) is 5.76 Å². The molecular formula is C20H17ClN2O2. The first-order valence-corrected chi connectivity index (χ1v) is 8.62. The van der Waals surface area contributed by atoms with Gasteiger partial charge in [0.05, 0.1) is 17.3 Å². The molecule has 0 saturated heterocycles. The van der Waals surface area contributed by atoms with Gasteiger partial charge in [-0.15, -0.1) is 0 Å². The molecule has 1 amide bonds. The zero-order chi connectivity index (χ0) is 17.4. The van der Waals surface area contributed by atoms with Gasteiger partial charge < -0.3 is 10.0 Å². The van der Waals surface area contributed by atoms with Crippen LogP contribution in [0.2, 0.25) is 5.02 Å². The minimum Gasteiger partial charge on any atom is -0.511 e. The number of rotatable bonds is 2. The second-order valence-corrected chi connectivity index (χ2v) is 6.70. The second-order valence-electron chi connectivity index (χ2n) is 6.26. The Balaban J connectivity index is 1.64. The van der Waals surface area contributed by atoms with Gasteiger partial charge in [-0.3, -0.25) is 9.79 Å². The lowest BCUT2D eigenvalue weighted by atomic mass is 9.86. The molecule has 4 rings (SSSR count). The summed E-state index contributed by atoms with van der Waals surface area (Å²) in [5, 5.41) is 11.1. The Morgan fingerprint density at radius 3 is 2.72 bits per heavy atom. The normalized spacial score (nSPS) is 20.0. The van der Waals surface area contributed by atoms with E-state index in [1.54, 1.807) is 24.3 Å². The summed E-state index contributed by atoms with van der Waals surface area (Å²) in [5.41, 5.74) is 3.33. The number of halogens is 1. The van der Waals surface area contributed by atoms with Gasteiger partial charge in [0.25, 0.3) is 5.91 Å². The van der Waals surface area contributed by atoms with Crippen LogP contribution in [0, 0.1) is 0 Å². The van der Waals surface area contributed by atoms with Crippen molar-refractivity contribution in [2.45, 2.75) is 18.9 Å². The molecule has 0 unspecified atom stereocenters. The number of carbonyl (C=O) groups is 1. The van der Waals surface area contributed by atoms with E-state index in [9.17, 15) is 9.90 Å². The Labute approximate surface area is 151 Å². The number of aliphatic imine (C=N–C) groups is 1. The quantitative estimate of drug-likeness (QED) is 0.815. The predicted molar refractivity (Wildman–Crippen MR) is 98.5 cm³/mol. The number of nitrogens with zero attached hydrogens (tertiary/aromatic N) is 2. The van der Waals surface area contributed by atoms with E-state index >= 15 is 0 Å². The van der Waals surface area contributed by atoms with Crippen LogP contribution in [0.4, 0.5) is 5.69 Å². The average molecular weight is 353 g/mol. The highest BCUT2D eigenvalue weighted by molar-refractivity contribution is 6.30. The van der Waals surface area contributed by atoms with Gasteiger partial charge in [-0.2, -0.15) is 0 Å². The number of hydrogen-bond donors (Lipinski definition) is 1. The van der Waals surface area contributed by atoms with E-state index in [2.05, 4.69) is 11.1 Å². The first kappa shape index (κ1) is 15.9. The fourth-order valence-electron chi connectivity index (χ4n) is 3.48. The second kappa shape index (κ2) is 6.37. The molecule has 25 heavy (non-hydrogen) atoms. The minimum absolute atomic E-state index is 0.0925. The van der Waals surface area contributed by atoms with Crippen LogP contribution in [0.25, 0.3) is 0 Å². The molecule has 0 spiro atoms. The SMILES string of the molecule is O=C1C(C=Nc2ccc(Cl)cc2)=C(O)C[C@@H]2c3ccccc3CCN12. The molecule has 2 aromatic rings. The molecule has 1 atom stereocenters. The van der Waals surface area contributed by atoms with E-state index in [1.165, 1.54) is 11.8 Å². The third-order valence-electron chi connectivity index (χ3n) is 4.77. The van der Waals surface area contributed by atoms with Gasteiger partial charge >= 0.3 is 0 Å². The Morgan fingerprint density at radius 1 is 1.16 bits per heavy atom. The molecule has 126 valence electrons. The fraction of sp³-hybridized carbons (Fsp3) is 0.200. The Kier molecular flexibility index (Phi) is 4.06. The topological polar surface area (TPSA) is 52.9 Å². The van der Waals surface area contributed by atoms with Gasteiger partial charge in [0.2, 0.25) is 0 Å². The maximum absolute atomic E-state index is 12.9. The van der Waals surface area contributed by atoms with Crippen LogP contribution in [-0.2, 0) is 11.2 Å². The van der Waals surface area contributed by atoms with Gasteiger partial charge in [-0.1, -0.05) is 35.9 Å². The number of hydrogen-bond acceptors (Lipinski definition) is 3. The van der Waals surface area contributed by atoms with Crippen molar-refractivity contribution in [3.63, 3.8) is 0 Å². The molecule has 2 aliphatic heterocycles. The first-order valence-electron chi connectivity index (χ1n) is 8.24. The molecule has 0 fully saturated rings. The molecule has 0 bridgehead atoms. The van der Waals surface area contributed by atoms with Crippen LogP contribution < -0.4 is 0 Å². The molecule has 4 nitrogen and oxygen atoms in total. The van der Waals surface area contributed by atoms with Crippen LogP contribution in [0.5, 0.6) is 0 Å².